The third-order valence-corrected chi connectivity index (χ3v) is 9.74. The molecule has 2 saturated heterocycles. The van der Waals surface area contributed by atoms with Crippen LogP contribution in [0.3, 0.4) is 0 Å². The highest BCUT2D eigenvalue weighted by Gasteiger charge is 2.84. The number of hydrogen-bond acceptors (Lipinski definition) is 9. The van der Waals surface area contributed by atoms with E-state index in [-0.39, 0.29) is 18.4 Å². The van der Waals surface area contributed by atoms with Gasteiger partial charge in [0.25, 0.3) is 0 Å². The molecule has 5 rings (SSSR count). The average molecular weight is 505 g/mol. The fourth-order valence-corrected chi connectivity index (χ4v) is 7.82. The molecule has 36 heavy (non-hydrogen) atoms. The van der Waals surface area contributed by atoms with E-state index in [2.05, 4.69) is 6.58 Å². The molecule has 0 radical (unpaired) electrons. The Morgan fingerprint density at radius 1 is 1.17 bits per heavy atom. The summed E-state index contributed by atoms with van der Waals surface area (Å²) in [6.07, 6.45) is -5.59. The maximum absolute atomic E-state index is 13.2. The van der Waals surface area contributed by atoms with Crippen LogP contribution in [0.5, 0.6) is 0 Å². The molecular formula is C27H36O9. The number of aliphatic hydroxyl groups excluding tert-OH is 3. The van der Waals surface area contributed by atoms with Crippen LogP contribution in [0.25, 0.3) is 0 Å². The number of rotatable bonds is 4. The van der Waals surface area contributed by atoms with Gasteiger partial charge < -0.3 is 40.1 Å². The molecule has 2 heterocycles. The van der Waals surface area contributed by atoms with Gasteiger partial charge in [-0.05, 0) is 49.3 Å². The number of fused-ring (bicyclic) bond motifs is 4. The summed E-state index contributed by atoms with van der Waals surface area (Å²) in [5, 5.41) is 68.9. The predicted molar refractivity (Wildman–Crippen MR) is 127 cm³/mol. The van der Waals surface area contributed by atoms with Gasteiger partial charge in [-0.3, -0.25) is 0 Å². The minimum atomic E-state index is -2.29. The molecule has 9 nitrogen and oxygen atoms in total. The number of carbonyl (C=O) groups excluding carboxylic acids is 1. The molecule has 2 aliphatic heterocycles. The first kappa shape index (κ1) is 25.8. The second-order valence-corrected chi connectivity index (χ2v) is 11.6. The van der Waals surface area contributed by atoms with Crippen molar-refractivity contribution >= 4 is 5.97 Å². The highest BCUT2D eigenvalue weighted by Crippen LogP contribution is 2.68. The lowest BCUT2D eigenvalue weighted by Gasteiger charge is -2.62. The van der Waals surface area contributed by atoms with E-state index in [0.29, 0.717) is 5.57 Å². The van der Waals surface area contributed by atoms with Gasteiger partial charge in [0.2, 0.25) is 0 Å². The lowest BCUT2D eigenvalue weighted by atomic mass is 9.52. The molecule has 4 aliphatic rings. The van der Waals surface area contributed by atoms with Crippen molar-refractivity contribution in [2.24, 2.45) is 23.7 Å². The quantitative estimate of drug-likeness (QED) is 0.248. The molecule has 0 amide bonds. The van der Waals surface area contributed by atoms with E-state index >= 15 is 0 Å². The Morgan fingerprint density at radius 3 is 2.39 bits per heavy atom. The number of ether oxygens (including phenoxy) is 2. The molecule has 0 unspecified atom stereocenters. The van der Waals surface area contributed by atoms with E-state index in [9.17, 15) is 35.4 Å². The first-order chi connectivity index (χ1) is 16.8. The van der Waals surface area contributed by atoms with Crippen LogP contribution in [0.2, 0.25) is 0 Å². The molecule has 2 bridgehead atoms. The fraction of sp³-hybridized carbons (Fsp3) is 0.667. The van der Waals surface area contributed by atoms with E-state index in [1.165, 1.54) is 0 Å². The van der Waals surface area contributed by atoms with E-state index in [1.807, 2.05) is 0 Å². The Balaban J connectivity index is 1.70. The largest absolute Gasteiger partial charge is 0.455 e. The molecule has 1 spiro atoms. The minimum Gasteiger partial charge on any atom is -0.455 e. The molecule has 6 N–H and O–H groups in total. The Labute approximate surface area is 210 Å². The van der Waals surface area contributed by atoms with Crippen LogP contribution in [0.15, 0.2) is 42.5 Å². The van der Waals surface area contributed by atoms with Gasteiger partial charge in [-0.25, -0.2) is 4.79 Å². The smallest absolute Gasteiger partial charge is 0.338 e. The highest BCUT2D eigenvalue weighted by molar-refractivity contribution is 5.89. The van der Waals surface area contributed by atoms with Gasteiger partial charge in [0, 0.05) is 5.92 Å². The summed E-state index contributed by atoms with van der Waals surface area (Å²) in [4.78, 5) is 13.2. The average Bonchev–Trinajstić information content (AvgIpc) is 3.23. The highest BCUT2D eigenvalue weighted by atomic mass is 16.6. The van der Waals surface area contributed by atoms with Crippen LogP contribution < -0.4 is 0 Å². The number of aliphatic hydroxyl groups is 6. The lowest BCUT2D eigenvalue weighted by molar-refractivity contribution is -0.324. The van der Waals surface area contributed by atoms with E-state index in [4.69, 9.17) is 9.47 Å². The maximum Gasteiger partial charge on any atom is 0.338 e. The van der Waals surface area contributed by atoms with Gasteiger partial charge in [0.1, 0.15) is 35.1 Å². The van der Waals surface area contributed by atoms with Crippen molar-refractivity contribution in [2.45, 2.75) is 80.4 Å². The van der Waals surface area contributed by atoms with Gasteiger partial charge in [-0.2, -0.15) is 0 Å². The maximum atomic E-state index is 13.2. The third kappa shape index (κ3) is 2.93. The van der Waals surface area contributed by atoms with E-state index < -0.39 is 83.1 Å². The summed E-state index contributed by atoms with van der Waals surface area (Å²) in [6.45, 7) is 8.11. The predicted octanol–water partition coefficient (Wildman–Crippen LogP) is 0.159. The van der Waals surface area contributed by atoms with Gasteiger partial charge in [-0.1, -0.05) is 38.6 Å². The van der Waals surface area contributed by atoms with Crippen molar-refractivity contribution in [1.82, 2.24) is 0 Å². The first-order valence-corrected chi connectivity index (χ1v) is 12.5. The Kier molecular flexibility index (Phi) is 5.78. The van der Waals surface area contributed by atoms with Crippen molar-refractivity contribution in [3.63, 3.8) is 0 Å². The molecule has 12 atom stereocenters. The lowest BCUT2D eigenvalue weighted by Crippen LogP contribution is -2.75. The van der Waals surface area contributed by atoms with Gasteiger partial charge in [-0.15, -0.1) is 0 Å². The summed E-state index contributed by atoms with van der Waals surface area (Å²) in [5.41, 5.74) is -7.01. The normalized spacial score (nSPS) is 51.4. The first-order valence-electron chi connectivity index (χ1n) is 12.5. The molecule has 2 aliphatic carbocycles. The summed E-state index contributed by atoms with van der Waals surface area (Å²) in [7, 11) is 0. The standard InChI is InChI=1S/C27H36O9/c1-13(2)24(32)11-15(4)26(34)17-10-14(3)19(29)27(17)23(31)25(33,12-28)21(36-27)18(26)20(24)35-22(30)16-8-6-5-7-9-16/h5-9,14-15,17-21,23,28-29,31-34H,1,10-12H2,2-4H3/t14-,15+,17-,18+,19-,20+,21+,23+,24+,25-,26-,27+/m0/s1. The second kappa shape index (κ2) is 8.07. The number of hydrogen-bond donors (Lipinski definition) is 6. The molecule has 9 heteroatoms. The van der Waals surface area contributed by atoms with Crippen molar-refractivity contribution < 1.29 is 44.9 Å². The second-order valence-electron chi connectivity index (χ2n) is 11.6. The van der Waals surface area contributed by atoms with Crippen LogP contribution in [-0.4, -0.2) is 90.0 Å². The molecule has 2 saturated carbocycles. The third-order valence-electron chi connectivity index (χ3n) is 9.74. The molecular weight excluding hydrogens is 468 g/mol. The number of carbonyl (C=O) groups is 1. The van der Waals surface area contributed by atoms with Gasteiger partial charge in [0.05, 0.1) is 29.8 Å². The van der Waals surface area contributed by atoms with Crippen molar-refractivity contribution in [3.05, 3.63) is 48.0 Å². The molecule has 0 aromatic heterocycles. The fourth-order valence-electron chi connectivity index (χ4n) is 7.82. The summed E-state index contributed by atoms with van der Waals surface area (Å²) < 4.78 is 12.2. The molecule has 1 aromatic carbocycles. The monoisotopic (exact) mass is 504 g/mol. The number of benzene rings is 1. The molecule has 1 aromatic rings. The Hall–Kier alpha value is -1.85. The van der Waals surface area contributed by atoms with Gasteiger partial charge >= 0.3 is 5.97 Å². The Morgan fingerprint density at radius 2 is 1.81 bits per heavy atom. The van der Waals surface area contributed by atoms with Crippen molar-refractivity contribution in [1.29, 1.82) is 0 Å². The summed E-state index contributed by atoms with van der Waals surface area (Å²) in [6, 6.07) is 8.18. The number of esters is 1. The topological polar surface area (TPSA) is 157 Å². The zero-order valence-corrected chi connectivity index (χ0v) is 20.7. The SMILES string of the molecule is C=C(C)[C@]1(O)C[C@@H](C)[C@@]2(O)[C@@H]([C@H]3O[C@@]4([C@H](O)[C@]3(O)CO)[C@@H](O)[C@@H](C)C[C@@H]24)[C@H]1OC(=O)c1ccccc1. The van der Waals surface area contributed by atoms with Crippen LogP contribution in [0.1, 0.15) is 44.0 Å². The van der Waals surface area contributed by atoms with Crippen LogP contribution in [0.4, 0.5) is 0 Å². The van der Waals surface area contributed by atoms with E-state index in [0.717, 1.165) is 0 Å². The van der Waals surface area contributed by atoms with Crippen LogP contribution >= 0.6 is 0 Å². The zero-order valence-electron chi connectivity index (χ0n) is 20.7. The van der Waals surface area contributed by atoms with Crippen LogP contribution in [-0.2, 0) is 9.47 Å². The summed E-state index contributed by atoms with van der Waals surface area (Å²) >= 11 is 0. The minimum absolute atomic E-state index is 0.0144. The Bertz CT molecular complexity index is 1060. The summed E-state index contributed by atoms with van der Waals surface area (Å²) in [5.74, 6) is -3.89. The van der Waals surface area contributed by atoms with Gasteiger partial charge in [0.15, 0.2) is 0 Å². The molecule has 198 valence electrons. The van der Waals surface area contributed by atoms with Crippen molar-refractivity contribution in [2.75, 3.05) is 6.61 Å². The van der Waals surface area contributed by atoms with E-state index in [1.54, 1.807) is 51.1 Å². The molecule has 4 fully saturated rings. The zero-order chi connectivity index (χ0) is 26.4. The van der Waals surface area contributed by atoms with Crippen molar-refractivity contribution in [3.8, 4) is 0 Å². The van der Waals surface area contributed by atoms with Crippen LogP contribution in [0, 0.1) is 23.7 Å².